The van der Waals surface area contributed by atoms with Gasteiger partial charge in [0.1, 0.15) is 5.52 Å². The van der Waals surface area contributed by atoms with Crippen LogP contribution in [0, 0.1) is 11.8 Å². The molecule has 2 unspecified atom stereocenters. The van der Waals surface area contributed by atoms with E-state index in [1.807, 2.05) is 30.3 Å². The number of rotatable bonds is 3. The molecule has 0 saturated heterocycles. The summed E-state index contributed by atoms with van der Waals surface area (Å²) in [5, 5.41) is 3.70. The first kappa shape index (κ1) is 16.8. The average Bonchev–Trinajstić information content (AvgIpc) is 3.24. The van der Waals surface area contributed by atoms with Crippen molar-refractivity contribution in [3.8, 4) is 11.5 Å². The normalized spacial score (nSPS) is 24.3. The maximum Gasteiger partial charge on any atom is 0.253 e. The Kier molecular flexibility index (Phi) is 4.16. The van der Waals surface area contributed by atoms with E-state index in [4.69, 9.17) is 16.0 Å². The van der Waals surface area contributed by atoms with Crippen LogP contribution in [0.25, 0.3) is 22.6 Å². The Balaban J connectivity index is 1.46. The van der Waals surface area contributed by atoms with Gasteiger partial charge < -0.3 is 9.73 Å². The summed E-state index contributed by atoms with van der Waals surface area (Å²) in [5.74, 6) is 1.93. The fourth-order valence-electron chi connectivity index (χ4n) is 4.76. The number of hydrogen-bond donors (Lipinski definition) is 1. The molecule has 1 heterocycles. The lowest BCUT2D eigenvalue weighted by Crippen LogP contribution is -2.39. The zero-order valence-corrected chi connectivity index (χ0v) is 15.7. The minimum Gasteiger partial charge on any atom is -0.436 e. The second kappa shape index (κ2) is 6.68. The summed E-state index contributed by atoms with van der Waals surface area (Å²) < 4.78 is 5.88. The van der Waals surface area contributed by atoms with Crippen molar-refractivity contribution in [2.75, 3.05) is 0 Å². The van der Waals surface area contributed by atoms with Crippen molar-refractivity contribution in [3.63, 3.8) is 0 Å². The average molecular weight is 381 g/mol. The van der Waals surface area contributed by atoms with Gasteiger partial charge in [-0.25, -0.2) is 4.98 Å². The number of hydrogen-bond acceptors (Lipinski definition) is 3. The predicted molar refractivity (Wildman–Crippen MR) is 106 cm³/mol. The topological polar surface area (TPSA) is 55.1 Å². The van der Waals surface area contributed by atoms with Crippen molar-refractivity contribution in [2.45, 2.75) is 38.1 Å². The quantitative estimate of drug-likeness (QED) is 0.656. The summed E-state index contributed by atoms with van der Waals surface area (Å²) >= 11 is 6.25. The number of nitrogens with zero attached hydrogens (tertiary/aromatic N) is 1. The van der Waals surface area contributed by atoms with E-state index in [1.54, 1.807) is 12.1 Å². The molecule has 2 atom stereocenters. The summed E-state index contributed by atoms with van der Waals surface area (Å²) in [6.45, 7) is 0. The Morgan fingerprint density at radius 3 is 2.56 bits per heavy atom. The van der Waals surface area contributed by atoms with Gasteiger partial charge in [-0.05, 0) is 49.3 Å². The van der Waals surface area contributed by atoms with Gasteiger partial charge >= 0.3 is 0 Å². The summed E-state index contributed by atoms with van der Waals surface area (Å²) in [7, 11) is 0. The van der Waals surface area contributed by atoms with Crippen molar-refractivity contribution in [1.82, 2.24) is 10.3 Å². The molecule has 27 heavy (non-hydrogen) atoms. The first-order chi connectivity index (χ1) is 13.2. The van der Waals surface area contributed by atoms with E-state index in [-0.39, 0.29) is 11.9 Å². The highest BCUT2D eigenvalue weighted by Crippen LogP contribution is 2.42. The van der Waals surface area contributed by atoms with E-state index in [1.165, 1.54) is 19.3 Å². The lowest BCUT2D eigenvalue weighted by molar-refractivity contribution is 0.0919. The van der Waals surface area contributed by atoms with E-state index in [2.05, 4.69) is 10.3 Å². The molecule has 2 aromatic carbocycles. The molecule has 5 rings (SSSR count). The van der Waals surface area contributed by atoms with E-state index >= 15 is 0 Å². The molecule has 1 N–H and O–H groups in total. The van der Waals surface area contributed by atoms with Crippen molar-refractivity contribution in [3.05, 3.63) is 53.1 Å². The zero-order chi connectivity index (χ0) is 18.4. The highest BCUT2D eigenvalue weighted by Gasteiger charge is 2.35. The number of oxazole rings is 1. The molecule has 3 aromatic rings. The number of fused-ring (bicyclic) bond motifs is 3. The third-order valence-corrected chi connectivity index (χ3v) is 6.16. The molecular weight excluding hydrogens is 360 g/mol. The smallest absolute Gasteiger partial charge is 0.253 e. The Labute approximate surface area is 162 Å². The second-order valence-electron chi connectivity index (χ2n) is 7.87. The summed E-state index contributed by atoms with van der Waals surface area (Å²) in [6, 6.07) is 13.3. The van der Waals surface area contributed by atoms with Crippen LogP contribution < -0.4 is 5.32 Å². The Morgan fingerprint density at radius 2 is 1.81 bits per heavy atom. The van der Waals surface area contributed by atoms with Crippen LogP contribution in [0.2, 0.25) is 5.02 Å². The molecule has 0 radical (unpaired) electrons. The second-order valence-corrected chi connectivity index (χ2v) is 8.31. The molecule has 0 aliphatic heterocycles. The minimum absolute atomic E-state index is 0.110. The lowest BCUT2D eigenvalue weighted by Gasteiger charge is -2.28. The number of carbonyl (C=O) groups is 1. The van der Waals surface area contributed by atoms with Crippen molar-refractivity contribution in [2.24, 2.45) is 11.8 Å². The molecular formula is C22H21ClN2O2. The Hall–Kier alpha value is -2.33. The van der Waals surface area contributed by atoms with E-state index in [9.17, 15) is 4.79 Å². The van der Waals surface area contributed by atoms with Crippen LogP contribution in [0.4, 0.5) is 0 Å². The number of nitrogens with one attached hydrogen (secondary N) is 1. The minimum atomic E-state index is -0.110. The van der Waals surface area contributed by atoms with Crippen LogP contribution in [-0.2, 0) is 0 Å². The third kappa shape index (κ3) is 3.23. The zero-order valence-electron chi connectivity index (χ0n) is 15.0. The van der Waals surface area contributed by atoms with E-state index < -0.39 is 0 Å². The fraction of sp³-hybridized carbons (Fsp3) is 0.364. The number of amides is 1. The summed E-state index contributed by atoms with van der Waals surface area (Å²) in [5.41, 5.74) is 2.46. The summed E-state index contributed by atoms with van der Waals surface area (Å²) in [6.07, 6.45) is 6.11. The highest BCUT2D eigenvalue weighted by molar-refractivity contribution is 6.32. The van der Waals surface area contributed by atoms with Gasteiger partial charge in [-0.2, -0.15) is 0 Å². The molecule has 2 saturated carbocycles. The first-order valence-corrected chi connectivity index (χ1v) is 10.00. The molecule has 2 fully saturated rings. The van der Waals surface area contributed by atoms with Crippen LogP contribution in [0.3, 0.4) is 0 Å². The molecule has 138 valence electrons. The molecule has 5 heteroatoms. The standard InChI is InChI=1S/C22H21ClN2O2/c23-16-11-18(21(26)24-17-9-13-6-7-14(8-13)10-17)20-19(12-16)27-22(25-20)15-4-2-1-3-5-15/h1-5,11-14,17H,6-10H2,(H,24,26). The lowest BCUT2D eigenvalue weighted by atomic mass is 9.85. The van der Waals surface area contributed by atoms with Crippen LogP contribution in [0.5, 0.6) is 0 Å². The van der Waals surface area contributed by atoms with Gasteiger partial charge in [-0.1, -0.05) is 42.6 Å². The SMILES string of the molecule is O=C(NC1CC2CCC(C2)C1)c1cc(Cl)cc2oc(-c3ccccc3)nc12. The molecule has 4 nitrogen and oxygen atoms in total. The largest absolute Gasteiger partial charge is 0.436 e. The van der Waals surface area contributed by atoms with E-state index in [0.717, 1.165) is 30.2 Å². The maximum absolute atomic E-state index is 13.0. The molecule has 1 amide bonds. The van der Waals surface area contributed by atoms with Crippen LogP contribution in [0.1, 0.15) is 42.5 Å². The van der Waals surface area contributed by atoms with Gasteiger partial charge in [0.25, 0.3) is 5.91 Å². The Bertz CT molecular complexity index is 986. The van der Waals surface area contributed by atoms with Gasteiger partial charge in [0.15, 0.2) is 5.58 Å². The number of benzene rings is 2. The van der Waals surface area contributed by atoms with Gasteiger partial charge in [0.2, 0.25) is 5.89 Å². The Morgan fingerprint density at radius 1 is 1.07 bits per heavy atom. The highest BCUT2D eigenvalue weighted by atomic mass is 35.5. The number of carbonyl (C=O) groups excluding carboxylic acids is 1. The van der Waals surface area contributed by atoms with Gasteiger partial charge in [0, 0.05) is 22.7 Å². The predicted octanol–water partition coefficient (Wildman–Crippen LogP) is 5.46. The van der Waals surface area contributed by atoms with Crippen molar-refractivity contribution < 1.29 is 9.21 Å². The molecule has 2 bridgehead atoms. The summed E-state index contributed by atoms with van der Waals surface area (Å²) in [4.78, 5) is 17.6. The first-order valence-electron chi connectivity index (χ1n) is 9.62. The number of halogens is 1. The maximum atomic E-state index is 13.0. The van der Waals surface area contributed by atoms with Gasteiger partial charge in [0.05, 0.1) is 5.56 Å². The fourth-order valence-corrected chi connectivity index (χ4v) is 4.97. The number of aromatic nitrogens is 1. The van der Waals surface area contributed by atoms with E-state index in [0.29, 0.717) is 27.6 Å². The molecule has 0 spiro atoms. The van der Waals surface area contributed by atoms with Crippen LogP contribution in [-0.4, -0.2) is 16.9 Å². The van der Waals surface area contributed by atoms with Crippen molar-refractivity contribution >= 4 is 28.6 Å². The van der Waals surface area contributed by atoms with Crippen molar-refractivity contribution in [1.29, 1.82) is 0 Å². The molecule has 2 aliphatic carbocycles. The monoisotopic (exact) mass is 380 g/mol. The van der Waals surface area contributed by atoms with Crippen LogP contribution in [0.15, 0.2) is 46.9 Å². The third-order valence-electron chi connectivity index (χ3n) is 5.95. The molecule has 2 aliphatic rings. The molecule has 1 aromatic heterocycles. The van der Waals surface area contributed by atoms with Crippen LogP contribution >= 0.6 is 11.6 Å². The van der Waals surface area contributed by atoms with Gasteiger partial charge in [-0.15, -0.1) is 0 Å². The van der Waals surface area contributed by atoms with Gasteiger partial charge in [-0.3, -0.25) is 4.79 Å².